The fourth-order valence-electron chi connectivity index (χ4n) is 5.18. The second-order valence-corrected chi connectivity index (χ2v) is 12.5. The Balaban J connectivity index is 1.57. The van der Waals surface area contributed by atoms with Gasteiger partial charge >= 0.3 is 5.97 Å². The highest BCUT2D eigenvalue weighted by Gasteiger charge is 2.28. The van der Waals surface area contributed by atoms with Crippen LogP contribution in [0.1, 0.15) is 57.8 Å². The van der Waals surface area contributed by atoms with Crippen LogP contribution in [-0.4, -0.2) is 62.5 Å². The van der Waals surface area contributed by atoms with Gasteiger partial charge in [-0.25, -0.2) is 8.42 Å². The average molecular weight is 594 g/mol. The lowest BCUT2D eigenvalue weighted by atomic mass is 10.0. The van der Waals surface area contributed by atoms with Gasteiger partial charge in [-0.2, -0.15) is 0 Å². The molecule has 222 valence electrons. The monoisotopic (exact) mass is 593 g/mol. The highest BCUT2D eigenvalue weighted by Crippen LogP contribution is 2.36. The summed E-state index contributed by atoms with van der Waals surface area (Å²) in [6.45, 7) is 11.2. The number of rotatable bonds is 12. The summed E-state index contributed by atoms with van der Waals surface area (Å²) < 4.78 is 26.6. The van der Waals surface area contributed by atoms with Crippen LogP contribution in [0.2, 0.25) is 0 Å². The molecule has 4 rings (SSSR count). The number of aliphatic carboxylic acids is 1. The normalized spacial score (nSPS) is 13.8. The van der Waals surface area contributed by atoms with Gasteiger partial charge in [0.05, 0.1) is 54.4 Å². The Morgan fingerprint density at radius 3 is 2.33 bits per heavy atom. The lowest BCUT2D eigenvalue weighted by Gasteiger charge is -2.15. The van der Waals surface area contributed by atoms with E-state index < -0.39 is 15.8 Å². The van der Waals surface area contributed by atoms with Gasteiger partial charge in [0.25, 0.3) is 11.8 Å². The molecule has 1 aliphatic rings. The first-order chi connectivity index (χ1) is 19.9. The van der Waals surface area contributed by atoms with Gasteiger partial charge in [-0.15, -0.1) is 0 Å². The number of hydrogen-bond acceptors (Lipinski definition) is 5. The van der Waals surface area contributed by atoms with E-state index in [0.717, 1.165) is 19.6 Å². The van der Waals surface area contributed by atoms with E-state index in [0.29, 0.717) is 57.0 Å². The van der Waals surface area contributed by atoms with E-state index in [1.165, 1.54) is 17.0 Å². The molecule has 0 atom stereocenters. The summed E-state index contributed by atoms with van der Waals surface area (Å²) in [6, 6.07) is 10.9. The number of anilines is 1. The lowest BCUT2D eigenvalue weighted by Crippen LogP contribution is -3.12. The molecule has 0 aliphatic carbocycles. The van der Waals surface area contributed by atoms with Crippen molar-refractivity contribution in [2.24, 2.45) is 0 Å². The van der Waals surface area contributed by atoms with Crippen LogP contribution < -0.4 is 15.5 Å². The maximum atomic E-state index is 13.3. The number of aromatic amines is 1. The van der Waals surface area contributed by atoms with Gasteiger partial charge < -0.3 is 25.6 Å². The van der Waals surface area contributed by atoms with Gasteiger partial charge in [-0.1, -0.05) is 24.3 Å². The van der Waals surface area contributed by atoms with Crippen LogP contribution >= 0.6 is 0 Å². The van der Waals surface area contributed by atoms with E-state index in [2.05, 4.69) is 29.5 Å². The Morgan fingerprint density at radius 2 is 1.69 bits per heavy atom. The molecule has 0 saturated carbocycles. The number of hydrogen-bond donors (Lipinski definition) is 5. The van der Waals surface area contributed by atoms with Gasteiger partial charge in [0, 0.05) is 22.6 Å². The number of aryl methyl sites for hydroxylation is 1. The first-order valence-corrected chi connectivity index (χ1v) is 15.6. The Hall–Kier alpha value is -4.22. The van der Waals surface area contributed by atoms with Crippen molar-refractivity contribution >= 4 is 45.0 Å². The SMILES string of the molecule is CC[NH+](CC)CCNC(=O)c1c(C)[nH]c(/C=C2\C(=O)Nc3ccc(S(=O)(=O)Cc4ccc(CC(=O)O)cc4)cc32)c1C. The van der Waals surface area contributed by atoms with E-state index in [-0.39, 0.29) is 28.9 Å². The second-order valence-electron chi connectivity index (χ2n) is 10.5. The van der Waals surface area contributed by atoms with Crippen LogP contribution in [0.5, 0.6) is 0 Å². The number of likely N-dealkylation sites (N-methyl/N-ethyl adjacent to an activating group) is 1. The number of carboxylic acids is 1. The molecule has 2 amide bonds. The summed E-state index contributed by atoms with van der Waals surface area (Å²) in [5, 5.41) is 14.7. The fourth-order valence-corrected chi connectivity index (χ4v) is 6.55. The molecule has 1 aromatic heterocycles. The van der Waals surface area contributed by atoms with Gasteiger partial charge in [0.15, 0.2) is 9.84 Å². The number of fused-ring (bicyclic) bond motifs is 1. The minimum atomic E-state index is -3.77. The molecular weight excluding hydrogens is 556 g/mol. The molecular formula is C31H37N4O6S+. The van der Waals surface area contributed by atoms with Crippen LogP contribution in [0.25, 0.3) is 11.6 Å². The summed E-state index contributed by atoms with van der Waals surface area (Å²) in [7, 11) is -3.77. The summed E-state index contributed by atoms with van der Waals surface area (Å²) in [5.74, 6) is -1.79. The smallest absolute Gasteiger partial charge is 0.307 e. The van der Waals surface area contributed by atoms with Gasteiger partial charge in [0.2, 0.25) is 0 Å². The molecule has 3 aromatic rings. The minimum Gasteiger partial charge on any atom is -0.481 e. The van der Waals surface area contributed by atoms with Crippen molar-refractivity contribution in [3.05, 3.63) is 81.7 Å². The third kappa shape index (κ3) is 6.80. The topological polar surface area (TPSA) is 150 Å². The van der Waals surface area contributed by atoms with Crippen molar-refractivity contribution < 1.29 is 32.8 Å². The largest absolute Gasteiger partial charge is 0.481 e. The van der Waals surface area contributed by atoms with Gasteiger partial charge in [-0.3, -0.25) is 14.4 Å². The van der Waals surface area contributed by atoms with E-state index >= 15 is 0 Å². The fraction of sp³-hybridized carbons (Fsp3) is 0.323. The van der Waals surface area contributed by atoms with E-state index in [1.54, 1.807) is 43.3 Å². The standard InChI is InChI=1S/C31H36N4O6S/c1-5-35(6-2)14-13-32-31(39)29-19(3)27(33-20(29)4)17-25-24-16-23(11-12-26(24)34-30(25)38)42(40,41)18-22-9-7-21(8-10-22)15-28(36)37/h7-12,16-17,33H,5-6,13-15,18H2,1-4H3,(H,32,39)(H,34,38)(H,36,37)/p+1/b25-17-. The van der Waals surface area contributed by atoms with Crippen LogP contribution in [0.3, 0.4) is 0 Å². The van der Waals surface area contributed by atoms with Gasteiger partial charge in [-0.05, 0) is 68.7 Å². The van der Waals surface area contributed by atoms with Crippen molar-refractivity contribution in [3.8, 4) is 0 Å². The maximum Gasteiger partial charge on any atom is 0.307 e. The molecule has 0 saturated heterocycles. The number of sulfone groups is 1. The molecule has 2 aromatic carbocycles. The molecule has 0 spiro atoms. The number of carboxylic acid groups (broad SMARTS) is 1. The van der Waals surface area contributed by atoms with E-state index in [1.807, 2.05) is 6.92 Å². The third-order valence-electron chi connectivity index (χ3n) is 7.62. The molecule has 11 heteroatoms. The van der Waals surface area contributed by atoms with E-state index in [4.69, 9.17) is 5.11 Å². The molecule has 42 heavy (non-hydrogen) atoms. The Kier molecular flexibility index (Phi) is 9.33. The number of amides is 2. The molecule has 0 fully saturated rings. The van der Waals surface area contributed by atoms with Crippen LogP contribution in [-0.2, 0) is 31.6 Å². The summed E-state index contributed by atoms with van der Waals surface area (Å²) in [4.78, 5) is 41.5. The van der Waals surface area contributed by atoms with Crippen molar-refractivity contribution in [2.45, 2.75) is 44.8 Å². The van der Waals surface area contributed by atoms with Crippen molar-refractivity contribution in [1.29, 1.82) is 0 Å². The Labute approximate surface area is 245 Å². The van der Waals surface area contributed by atoms with Crippen LogP contribution in [0.4, 0.5) is 5.69 Å². The number of aromatic nitrogens is 1. The van der Waals surface area contributed by atoms with Gasteiger partial charge in [0.1, 0.15) is 0 Å². The maximum absolute atomic E-state index is 13.3. The molecule has 1 aliphatic heterocycles. The first kappa shape index (κ1) is 30.7. The molecule has 0 radical (unpaired) electrons. The van der Waals surface area contributed by atoms with E-state index in [9.17, 15) is 22.8 Å². The summed E-state index contributed by atoms with van der Waals surface area (Å²) >= 11 is 0. The summed E-state index contributed by atoms with van der Waals surface area (Å²) in [5.41, 5.74) is 4.86. The molecule has 5 N–H and O–H groups in total. The average Bonchev–Trinajstić information content (AvgIpc) is 3.40. The summed E-state index contributed by atoms with van der Waals surface area (Å²) in [6.07, 6.45) is 1.51. The number of nitrogens with one attached hydrogen (secondary N) is 4. The number of H-pyrrole nitrogens is 1. The zero-order valence-electron chi connectivity index (χ0n) is 24.3. The predicted octanol–water partition coefficient (Wildman–Crippen LogP) is 2.38. The lowest BCUT2D eigenvalue weighted by molar-refractivity contribution is -0.895. The molecule has 0 unspecified atom stereocenters. The molecule has 2 heterocycles. The second kappa shape index (κ2) is 12.7. The number of benzene rings is 2. The Bertz CT molecular complexity index is 1650. The number of carbonyl (C=O) groups excluding carboxylic acids is 2. The number of quaternary nitrogens is 1. The van der Waals surface area contributed by atoms with Crippen LogP contribution in [0.15, 0.2) is 47.4 Å². The van der Waals surface area contributed by atoms with Crippen molar-refractivity contribution in [1.82, 2.24) is 10.3 Å². The number of carbonyl (C=O) groups is 3. The highest BCUT2D eigenvalue weighted by molar-refractivity contribution is 7.90. The van der Waals surface area contributed by atoms with Crippen LogP contribution in [0, 0.1) is 13.8 Å². The highest BCUT2D eigenvalue weighted by atomic mass is 32.2. The predicted molar refractivity (Wildman–Crippen MR) is 161 cm³/mol. The zero-order valence-corrected chi connectivity index (χ0v) is 25.1. The molecule has 0 bridgehead atoms. The minimum absolute atomic E-state index is 0.0630. The third-order valence-corrected chi connectivity index (χ3v) is 9.31. The van der Waals surface area contributed by atoms with Crippen molar-refractivity contribution in [2.75, 3.05) is 31.5 Å². The zero-order chi connectivity index (χ0) is 30.6. The first-order valence-electron chi connectivity index (χ1n) is 13.9. The van der Waals surface area contributed by atoms with Crippen molar-refractivity contribution in [3.63, 3.8) is 0 Å². The molecule has 10 nitrogen and oxygen atoms in total. The Morgan fingerprint density at radius 1 is 1.02 bits per heavy atom. The quantitative estimate of drug-likeness (QED) is 0.204.